The van der Waals surface area contributed by atoms with E-state index in [-0.39, 0.29) is 33.7 Å². The van der Waals surface area contributed by atoms with Gasteiger partial charge in [0.15, 0.2) is 0 Å². The van der Waals surface area contributed by atoms with E-state index >= 15 is 0 Å². The van der Waals surface area contributed by atoms with Crippen molar-refractivity contribution in [2.45, 2.75) is 64.1 Å². The Labute approximate surface area is 230 Å². The van der Waals surface area contributed by atoms with Crippen molar-refractivity contribution in [3.8, 4) is 11.4 Å². The number of aromatic nitrogens is 4. The second-order valence-electron chi connectivity index (χ2n) is 9.44. The van der Waals surface area contributed by atoms with Crippen LogP contribution in [0.5, 0.6) is 0 Å². The molecule has 0 saturated heterocycles. The minimum atomic E-state index is -4.66. The van der Waals surface area contributed by atoms with Crippen LogP contribution in [0.1, 0.15) is 71.7 Å². The Kier molecular flexibility index (Phi) is 9.39. The Morgan fingerprint density at radius 3 is 2.42 bits per heavy atom. The summed E-state index contributed by atoms with van der Waals surface area (Å²) in [6.45, 7) is 1.33. The molecule has 0 bridgehead atoms. The highest BCUT2D eigenvalue weighted by Gasteiger charge is 2.34. The van der Waals surface area contributed by atoms with Crippen LogP contribution in [0.25, 0.3) is 11.4 Å². The molecule has 1 aliphatic carbocycles. The lowest BCUT2D eigenvalue weighted by molar-refractivity contribution is -0.138. The van der Waals surface area contributed by atoms with Gasteiger partial charge in [0.25, 0.3) is 12.0 Å². The molecular formula is C28H26F6N4OS. The largest absolute Gasteiger partial charge is 0.418 e. The van der Waals surface area contributed by atoms with Gasteiger partial charge < -0.3 is 0 Å². The van der Waals surface area contributed by atoms with Gasteiger partial charge in [-0.1, -0.05) is 31.4 Å². The number of rotatable bonds is 5. The molecule has 0 aliphatic heterocycles. The van der Waals surface area contributed by atoms with Crippen molar-refractivity contribution in [2.75, 3.05) is 0 Å². The Bertz CT molecular complexity index is 1480. The number of hydrogen-bond acceptors (Lipinski definition) is 5. The molecule has 212 valence electrons. The van der Waals surface area contributed by atoms with Gasteiger partial charge in [0.2, 0.25) is 0 Å². The molecule has 3 heterocycles. The zero-order valence-electron chi connectivity index (χ0n) is 21.5. The van der Waals surface area contributed by atoms with Gasteiger partial charge in [-0.2, -0.15) is 18.3 Å². The van der Waals surface area contributed by atoms with E-state index in [1.54, 1.807) is 6.07 Å². The van der Waals surface area contributed by atoms with Crippen molar-refractivity contribution in [3.63, 3.8) is 0 Å². The molecule has 1 fully saturated rings. The molecule has 5 nitrogen and oxygen atoms in total. The number of benzene rings is 1. The molecule has 0 unspecified atom stereocenters. The number of pyridine rings is 1. The second-order valence-corrected chi connectivity index (χ2v) is 10.3. The fourth-order valence-corrected chi connectivity index (χ4v) is 5.31. The molecule has 0 amide bonds. The Hall–Kier alpha value is -3.54. The Morgan fingerprint density at radius 2 is 1.80 bits per heavy atom. The van der Waals surface area contributed by atoms with Crippen molar-refractivity contribution in [1.29, 1.82) is 0 Å². The average Bonchev–Trinajstić information content (AvgIpc) is 3.41. The van der Waals surface area contributed by atoms with E-state index in [9.17, 15) is 31.1 Å². The number of aryl methyl sites for hydroxylation is 1. The van der Waals surface area contributed by atoms with Gasteiger partial charge in [0, 0.05) is 11.8 Å². The average molecular weight is 581 g/mol. The molecule has 4 aromatic rings. The molecule has 1 saturated carbocycles. The van der Waals surface area contributed by atoms with Crippen LogP contribution in [0.3, 0.4) is 0 Å². The van der Waals surface area contributed by atoms with Gasteiger partial charge in [-0.25, -0.2) is 22.8 Å². The van der Waals surface area contributed by atoms with Gasteiger partial charge in [-0.3, -0.25) is 9.78 Å². The van der Waals surface area contributed by atoms with Crippen molar-refractivity contribution >= 4 is 11.3 Å². The summed E-state index contributed by atoms with van der Waals surface area (Å²) in [5.74, 6) is -0.270. The summed E-state index contributed by atoms with van der Waals surface area (Å²) < 4.78 is 80.2. The molecule has 0 atom stereocenters. The lowest BCUT2D eigenvalue weighted by Gasteiger charge is -2.22. The summed E-state index contributed by atoms with van der Waals surface area (Å²) in [6, 6.07) is 10.0. The monoisotopic (exact) mass is 580 g/mol. The third kappa shape index (κ3) is 7.15. The predicted molar refractivity (Wildman–Crippen MR) is 140 cm³/mol. The lowest BCUT2D eigenvalue weighted by atomic mass is 9.84. The highest BCUT2D eigenvalue weighted by atomic mass is 32.1. The Morgan fingerprint density at radius 1 is 1.05 bits per heavy atom. The highest BCUT2D eigenvalue weighted by Crippen LogP contribution is 2.36. The summed E-state index contributed by atoms with van der Waals surface area (Å²) in [4.78, 5) is 20.7. The molecule has 0 spiro atoms. The molecule has 12 heteroatoms. The number of thiazole rings is 1. The SMILES string of the molecule is Cc1cccc(F)c1.O=c1c(C2CCCCC2)cc(-c2ncsc2C(F)F)nn1Cc1ncccc1C(F)(F)F. The first-order valence-corrected chi connectivity index (χ1v) is 13.5. The minimum absolute atomic E-state index is 0.0474. The zero-order chi connectivity index (χ0) is 28.9. The second kappa shape index (κ2) is 12.8. The van der Waals surface area contributed by atoms with E-state index in [0.717, 1.165) is 65.8 Å². The number of halogens is 6. The van der Waals surface area contributed by atoms with Crippen molar-refractivity contribution in [1.82, 2.24) is 19.7 Å². The van der Waals surface area contributed by atoms with Crippen molar-refractivity contribution in [3.05, 3.63) is 97.6 Å². The third-order valence-corrected chi connectivity index (χ3v) is 7.39. The quantitative estimate of drug-likeness (QED) is 0.225. The minimum Gasteiger partial charge on any atom is -0.267 e. The zero-order valence-corrected chi connectivity index (χ0v) is 22.3. The first-order chi connectivity index (χ1) is 19.0. The van der Waals surface area contributed by atoms with Crippen LogP contribution in [0.2, 0.25) is 0 Å². The van der Waals surface area contributed by atoms with Gasteiger partial charge in [-0.15, -0.1) is 11.3 Å². The van der Waals surface area contributed by atoms with Crippen molar-refractivity contribution in [2.24, 2.45) is 0 Å². The Balaban J connectivity index is 0.000000398. The van der Waals surface area contributed by atoms with Crippen LogP contribution < -0.4 is 5.56 Å². The fourth-order valence-electron chi connectivity index (χ4n) is 4.66. The molecule has 1 aliphatic rings. The van der Waals surface area contributed by atoms with Crippen LogP contribution >= 0.6 is 11.3 Å². The van der Waals surface area contributed by atoms with Crippen LogP contribution in [0, 0.1) is 12.7 Å². The molecular weight excluding hydrogens is 554 g/mol. The summed E-state index contributed by atoms with van der Waals surface area (Å²) in [6.07, 6.45) is -1.88. The molecule has 0 N–H and O–H groups in total. The van der Waals surface area contributed by atoms with E-state index in [1.807, 2.05) is 13.0 Å². The van der Waals surface area contributed by atoms with E-state index in [0.29, 0.717) is 5.56 Å². The third-order valence-electron chi connectivity index (χ3n) is 6.56. The van der Waals surface area contributed by atoms with Crippen LogP contribution in [0.15, 0.2) is 59.0 Å². The maximum atomic E-state index is 13.5. The molecule has 40 heavy (non-hydrogen) atoms. The van der Waals surface area contributed by atoms with E-state index in [2.05, 4.69) is 15.1 Å². The number of nitrogens with zero attached hydrogens (tertiary/aromatic N) is 4. The lowest BCUT2D eigenvalue weighted by Crippen LogP contribution is -2.30. The summed E-state index contributed by atoms with van der Waals surface area (Å²) in [5.41, 5.74) is 0.702. The highest BCUT2D eigenvalue weighted by molar-refractivity contribution is 7.10. The molecule has 5 rings (SSSR count). The van der Waals surface area contributed by atoms with Gasteiger partial charge in [-0.05, 0) is 61.6 Å². The summed E-state index contributed by atoms with van der Waals surface area (Å²) in [7, 11) is 0. The standard InChI is InChI=1S/C21H19F5N4OS.C7H7F/c22-19(23)18-17(28-11-32-18)15-9-13(12-5-2-1-3-6-12)20(31)30(29-15)10-16-14(21(24,25)26)7-4-8-27-16;1-6-3-2-4-7(8)5-6/h4,7-9,11-12,19H,1-3,5-6,10H2;2-5H,1H3. The molecule has 3 aromatic heterocycles. The van der Waals surface area contributed by atoms with Gasteiger partial charge in [0.05, 0.1) is 28.2 Å². The molecule has 1 aromatic carbocycles. The predicted octanol–water partition coefficient (Wildman–Crippen LogP) is 7.95. The van der Waals surface area contributed by atoms with Crippen LogP contribution in [-0.4, -0.2) is 19.7 Å². The van der Waals surface area contributed by atoms with Crippen LogP contribution in [-0.2, 0) is 12.7 Å². The number of alkyl halides is 5. The van der Waals surface area contributed by atoms with Gasteiger partial charge >= 0.3 is 6.18 Å². The first kappa shape index (κ1) is 29.4. The maximum Gasteiger partial charge on any atom is 0.418 e. The topological polar surface area (TPSA) is 60.7 Å². The number of hydrogen-bond donors (Lipinski definition) is 0. The molecule has 0 radical (unpaired) electrons. The fraction of sp³-hybridized carbons (Fsp3) is 0.357. The van der Waals surface area contributed by atoms with E-state index in [4.69, 9.17) is 0 Å². The maximum absolute atomic E-state index is 13.5. The van der Waals surface area contributed by atoms with E-state index in [1.165, 1.54) is 29.9 Å². The summed E-state index contributed by atoms with van der Waals surface area (Å²) >= 11 is 0.764. The normalized spacial score (nSPS) is 14.2. The first-order valence-electron chi connectivity index (χ1n) is 12.6. The van der Waals surface area contributed by atoms with Crippen LogP contribution in [0.4, 0.5) is 26.3 Å². The van der Waals surface area contributed by atoms with Gasteiger partial charge in [0.1, 0.15) is 17.2 Å². The smallest absolute Gasteiger partial charge is 0.267 e. The van der Waals surface area contributed by atoms with Crippen molar-refractivity contribution < 1.29 is 26.3 Å². The van der Waals surface area contributed by atoms with E-state index < -0.39 is 30.3 Å². The summed E-state index contributed by atoms with van der Waals surface area (Å²) in [5, 5.41) is 4.14.